The number of hydrazine groups is 1. The topological polar surface area (TPSA) is 67.4 Å². The number of hydrogen-bond acceptors (Lipinski definition) is 3. The highest BCUT2D eigenvalue weighted by Gasteiger charge is 2.30. The number of nitrogens with one attached hydrogen (secondary N) is 2. The summed E-state index contributed by atoms with van der Waals surface area (Å²) >= 11 is 0. The Balaban J connectivity index is 2.14. The third-order valence-corrected chi connectivity index (χ3v) is 3.23. The van der Waals surface area contributed by atoms with E-state index < -0.39 is 29.4 Å². The Hall–Kier alpha value is -3.10. The van der Waals surface area contributed by atoms with Gasteiger partial charge in [0.1, 0.15) is 6.61 Å². The molecule has 0 saturated carbocycles. The lowest BCUT2D eigenvalue weighted by Gasteiger charge is -2.13. The summed E-state index contributed by atoms with van der Waals surface area (Å²) in [5, 5.41) is 0. The Labute approximate surface area is 145 Å². The van der Waals surface area contributed by atoms with Crippen molar-refractivity contribution in [2.24, 2.45) is 0 Å². The molecule has 0 aromatic heterocycles. The Morgan fingerprint density at radius 2 is 1.69 bits per heavy atom. The lowest BCUT2D eigenvalue weighted by atomic mass is 10.1. The molecular weight excluding hydrogens is 356 g/mol. The maximum atomic E-state index is 14.0. The highest BCUT2D eigenvalue weighted by atomic mass is 19.4. The lowest BCUT2D eigenvalue weighted by Crippen LogP contribution is -2.40. The van der Waals surface area contributed by atoms with E-state index in [1.165, 1.54) is 31.2 Å². The number of rotatable bonds is 4. The molecule has 5 nitrogen and oxygen atoms in total. The molecule has 0 aliphatic heterocycles. The van der Waals surface area contributed by atoms with Crippen molar-refractivity contribution in [1.29, 1.82) is 0 Å². The van der Waals surface area contributed by atoms with Gasteiger partial charge >= 0.3 is 6.18 Å². The molecule has 0 unspecified atom stereocenters. The summed E-state index contributed by atoms with van der Waals surface area (Å²) in [4.78, 5) is 22.8. The molecule has 0 atom stereocenters. The van der Waals surface area contributed by atoms with Gasteiger partial charge in [0.2, 0.25) is 5.91 Å². The first kappa shape index (κ1) is 19.2. The number of carbonyl (C=O) groups is 2. The van der Waals surface area contributed by atoms with Gasteiger partial charge in [0.25, 0.3) is 5.91 Å². The number of amides is 2. The molecule has 0 aliphatic rings. The van der Waals surface area contributed by atoms with Crippen LogP contribution in [0.1, 0.15) is 28.4 Å². The highest BCUT2D eigenvalue weighted by molar-refractivity contribution is 5.97. The van der Waals surface area contributed by atoms with Gasteiger partial charge in [-0.15, -0.1) is 0 Å². The second-order valence-corrected chi connectivity index (χ2v) is 5.24. The summed E-state index contributed by atoms with van der Waals surface area (Å²) in [6.45, 7) is 0.924. The number of hydrogen-bond donors (Lipinski definition) is 2. The number of ether oxygens (including phenoxy) is 1. The standard InChI is InChI=1S/C17H14F4N2O3/c1-10(24)22-23-16(25)13-3-2-4-14(18)15(13)26-9-11-5-7-12(8-6-11)17(19,20)21/h2-8H,9H2,1H3,(H,22,24)(H,23,25). The van der Waals surface area contributed by atoms with Crippen LogP contribution in [0.25, 0.3) is 0 Å². The number of para-hydroxylation sites is 1. The van der Waals surface area contributed by atoms with Crippen molar-refractivity contribution in [3.05, 3.63) is 65.0 Å². The van der Waals surface area contributed by atoms with E-state index in [-0.39, 0.29) is 17.9 Å². The molecule has 0 bridgehead atoms. The molecule has 2 aromatic rings. The summed E-state index contributed by atoms with van der Waals surface area (Å²) in [5.41, 5.74) is 3.50. The van der Waals surface area contributed by atoms with E-state index in [9.17, 15) is 27.2 Å². The van der Waals surface area contributed by atoms with E-state index in [1.54, 1.807) is 0 Å². The van der Waals surface area contributed by atoms with Gasteiger partial charge in [0, 0.05) is 6.92 Å². The van der Waals surface area contributed by atoms with Crippen molar-refractivity contribution in [3.63, 3.8) is 0 Å². The fourth-order valence-electron chi connectivity index (χ4n) is 1.99. The summed E-state index contributed by atoms with van der Waals surface area (Å²) < 4.78 is 56.9. The normalized spacial score (nSPS) is 11.0. The van der Waals surface area contributed by atoms with Gasteiger partial charge in [-0.1, -0.05) is 18.2 Å². The summed E-state index contributed by atoms with van der Waals surface area (Å²) in [6, 6.07) is 7.78. The Kier molecular flexibility index (Phi) is 5.81. The molecule has 0 fully saturated rings. The zero-order valence-electron chi connectivity index (χ0n) is 13.5. The van der Waals surface area contributed by atoms with Crippen molar-refractivity contribution in [1.82, 2.24) is 10.9 Å². The van der Waals surface area contributed by atoms with E-state index in [0.717, 1.165) is 18.2 Å². The fraction of sp³-hybridized carbons (Fsp3) is 0.176. The van der Waals surface area contributed by atoms with Gasteiger partial charge in [-0.05, 0) is 29.8 Å². The van der Waals surface area contributed by atoms with Crippen LogP contribution in [0.4, 0.5) is 17.6 Å². The van der Waals surface area contributed by atoms with Crippen LogP contribution in [0, 0.1) is 5.82 Å². The van der Waals surface area contributed by atoms with E-state index in [4.69, 9.17) is 4.74 Å². The number of alkyl halides is 3. The lowest BCUT2D eigenvalue weighted by molar-refractivity contribution is -0.137. The highest BCUT2D eigenvalue weighted by Crippen LogP contribution is 2.29. The first-order valence-electron chi connectivity index (χ1n) is 7.33. The second kappa shape index (κ2) is 7.85. The van der Waals surface area contributed by atoms with Crippen LogP contribution in [-0.4, -0.2) is 11.8 Å². The van der Waals surface area contributed by atoms with Crippen molar-refractivity contribution in [2.75, 3.05) is 0 Å². The monoisotopic (exact) mass is 370 g/mol. The van der Waals surface area contributed by atoms with Crippen LogP contribution in [0.5, 0.6) is 5.75 Å². The van der Waals surface area contributed by atoms with Gasteiger partial charge in [-0.25, -0.2) is 4.39 Å². The van der Waals surface area contributed by atoms with Gasteiger partial charge in [-0.2, -0.15) is 13.2 Å². The molecule has 2 aromatic carbocycles. The summed E-state index contributed by atoms with van der Waals surface area (Å²) in [7, 11) is 0. The summed E-state index contributed by atoms with van der Waals surface area (Å²) in [5.74, 6) is -2.54. The summed E-state index contributed by atoms with van der Waals surface area (Å²) in [6.07, 6.45) is -4.46. The molecule has 0 aliphatic carbocycles. The number of halogens is 4. The zero-order valence-corrected chi connectivity index (χ0v) is 13.5. The van der Waals surface area contributed by atoms with Gasteiger partial charge in [0.05, 0.1) is 11.1 Å². The smallest absolute Gasteiger partial charge is 0.416 e. The maximum Gasteiger partial charge on any atom is 0.416 e. The minimum atomic E-state index is -4.46. The number of benzene rings is 2. The first-order valence-corrected chi connectivity index (χ1v) is 7.33. The third kappa shape index (κ3) is 4.95. The van der Waals surface area contributed by atoms with Gasteiger partial charge in [-0.3, -0.25) is 20.4 Å². The minimum Gasteiger partial charge on any atom is -0.485 e. The Morgan fingerprint density at radius 1 is 1.04 bits per heavy atom. The van der Waals surface area contributed by atoms with Crippen LogP contribution < -0.4 is 15.6 Å². The zero-order chi connectivity index (χ0) is 19.3. The van der Waals surface area contributed by atoms with E-state index in [1.807, 2.05) is 0 Å². The molecule has 26 heavy (non-hydrogen) atoms. The largest absolute Gasteiger partial charge is 0.485 e. The van der Waals surface area contributed by atoms with E-state index in [0.29, 0.717) is 5.56 Å². The second-order valence-electron chi connectivity index (χ2n) is 5.24. The van der Waals surface area contributed by atoms with Crippen molar-refractivity contribution in [3.8, 4) is 5.75 Å². The van der Waals surface area contributed by atoms with E-state index in [2.05, 4.69) is 10.9 Å². The fourth-order valence-corrected chi connectivity index (χ4v) is 1.99. The SMILES string of the molecule is CC(=O)NNC(=O)c1cccc(F)c1OCc1ccc(C(F)(F)F)cc1. The Bertz CT molecular complexity index is 805. The predicted octanol–water partition coefficient (Wildman–Crippen LogP) is 3.20. The molecule has 2 amide bonds. The van der Waals surface area contributed by atoms with E-state index >= 15 is 0 Å². The average Bonchev–Trinajstić information content (AvgIpc) is 2.58. The van der Waals surface area contributed by atoms with Crippen molar-refractivity contribution < 1.29 is 31.9 Å². The molecule has 0 heterocycles. The van der Waals surface area contributed by atoms with Gasteiger partial charge < -0.3 is 4.74 Å². The molecule has 2 N–H and O–H groups in total. The molecule has 0 spiro atoms. The molecule has 9 heteroatoms. The predicted molar refractivity (Wildman–Crippen MR) is 83.5 cm³/mol. The van der Waals surface area contributed by atoms with Gasteiger partial charge in [0.15, 0.2) is 11.6 Å². The minimum absolute atomic E-state index is 0.175. The maximum absolute atomic E-state index is 14.0. The quantitative estimate of drug-likeness (QED) is 0.642. The Morgan fingerprint density at radius 3 is 2.27 bits per heavy atom. The van der Waals surface area contributed by atoms with Crippen molar-refractivity contribution >= 4 is 11.8 Å². The first-order chi connectivity index (χ1) is 12.2. The van der Waals surface area contributed by atoms with Crippen LogP contribution >= 0.6 is 0 Å². The van der Waals surface area contributed by atoms with Crippen LogP contribution in [0.2, 0.25) is 0 Å². The molecule has 2 rings (SSSR count). The number of carbonyl (C=O) groups excluding carboxylic acids is 2. The van der Waals surface area contributed by atoms with Crippen LogP contribution in [0.15, 0.2) is 42.5 Å². The molecule has 138 valence electrons. The molecule has 0 radical (unpaired) electrons. The van der Waals surface area contributed by atoms with Crippen LogP contribution in [0.3, 0.4) is 0 Å². The van der Waals surface area contributed by atoms with Crippen LogP contribution in [-0.2, 0) is 17.6 Å². The molecule has 0 saturated heterocycles. The molecular formula is C17H14F4N2O3. The third-order valence-electron chi connectivity index (χ3n) is 3.23. The van der Waals surface area contributed by atoms with Crippen molar-refractivity contribution in [2.45, 2.75) is 19.7 Å². The average molecular weight is 370 g/mol.